The molecule has 122 valence electrons. The van der Waals surface area contributed by atoms with Gasteiger partial charge in [-0.1, -0.05) is 0 Å². The fourth-order valence-electron chi connectivity index (χ4n) is 2.53. The highest BCUT2D eigenvalue weighted by Gasteiger charge is 2.21. The summed E-state index contributed by atoms with van der Waals surface area (Å²) in [6.07, 6.45) is 0. The van der Waals surface area contributed by atoms with E-state index in [0.29, 0.717) is 38.4 Å². The Balaban J connectivity index is 2.01. The summed E-state index contributed by atoms with van der Waals surface area (Å²) < 4.78 is 7.43. The van der Waals surface area contributed by atoms with Crippen LogP contribution in [0.1, 0.15) is 5.69 Å². The third kappa shape index (κ3) is 3.45. The smallest absolute Gasteiger partial charge is 0.330 e. The van der Waals surface area contributed by atoms with Crippen molar-refractivity contribution in [2.75, 3.05) is 39.9 Å². The predicted octanol–water partition coefficient (Wildman–Crippen LogP) is -1.63. The largest absolute Gasteiger partial charge is 0.375 e. The molecular formula is C14H22N4O4. The lowest BCUT2D eigenvalue weighted by atomic mass is 10.2. The molecule has 0 saturated carbocycles. The maximum absolute atomic E-state index is 11.9. The summed E-state index contributed by atoms with van der Waals surface area (Å²) in [5.74, 6) is -0.0110. The zero-order valence-corrected chi connectivity index (χ0v) is 13.2. The molecule has 1 aromatic rings. The lowest BCUT2D eigenvalue weighted by Gasteiger charge is -2.34. The topological polar surface area (TPSA) is 76.8 Å². The van der Waals surface area contributed by atoms with Gasteiger partial charge >= 0.3 is 5.69 Å². The number of piperazine rings is 1. The number of aromatic nitrogens is 2. The molecule has 0 spiro atoms. The van der Waals surface area contributed by atoms with Crippen molar-refractivity contribution in [3.05, 3.63) is 32.6 Å². The molecule has 0 N–H and O–H groups in total. The van der Waals surface area contributed by atoms with Crippen molar-refractivity contribution in [3.8, 4) is 0 Å². The van der Waals surface area contributed by atoms with E-state index in [2.05, 4.69) is 4.90 Å². The number of rotatable bonds is 4. The molecule has 1 aliphatic rings. The Morgan fingerprint density at radius 2 is 1.77 bits per heavy atom. The second-order valence-corrected chi connectivity index (χ2v) is 5.46. The van der Waals surface area contributed by atoms with E-state index in [1.54, 1.807) is 11.9 Å². The summed E-state index contributed by atoms with van der Waals surface area (Å²) in [4.78, 5) is 39.3. The lowest BCUT2D eigenvalue weighted by Crippen LogP contribution is -2.50. The Hall–Kier alpha value is -1.93. The summed E-state index contributed by atoms with van der Waals surface area (Å²) in [7, 11) is 4.63. The highest BCUT2D eigenvalue weighted by Crippen LogP contribution is 2.06. The van der Waals surface area contributed by atoms with Gasteiger partial charge in [-0.15, -0.1) is 0 Å². The zero-order chi connectivity index (χ0) is 16.3. The van der Waals surface area contributed by atoms with Crippen LogP contribution in [0.4, 0.5) is 0 Å². The summed E-state index contributed by atoms with van der Waals surface area (Å²) in [5, 5.41) is 0. The fourth-order valence-corrected chi connectivity index (χ4v) is 2.53. The van der Waals surface area contributed by atoms with Gasteiger partial charge in [0.2, 0.25) is 5.91 Å². The van der Waals surface area contributed by atoms with Crippen LogP contribution >= 0.6 is 0 Å². The molecule has 2 rings (SSSR count). The molecule has 0 aromatic carbocycles. The van der Waals surface area contributed by atoms with Gasteiger partial charge in [0, 0.05) is 65.7 Å². The summed E-state index contributed by atoms with van der Waals surface area (Å²) in [6, 6.07) is 1.49. The number of methoxy groups -OCH3 is 1. The minimum atomic E-state index is -0.323. The Morgan fingerprint density at radius 3 is 2.36 bits per heavy atom. The minimum absolute atomic E-state index is 0.0110. The van der Waals surface area contributed by atoms with Crippen LogP contribution in [0.5, 0.6) is 0 Å². The first-order valence-electron chi connectivity index (χ1n) is 7.19. The predicted molar refractivity (Wildman–Crippen MR) is 80.7 cm³/mol. The van der Waals surface area contributed by atoms with Crippen LogP contribution in [-0.2, 0) is 30.2 Å². The van der Waals surface area contributed by atoms with Crippen LogP contribution in [-0.4, -0.2) is 64.7 Å². The summed E-state index contributed by atoms with van der Waals surface area (Å²) in [6.45, 7) is 3.29. The quantitative estimate of drug-likeness (QED) is 0.668. The van der Waals surface area contributed by atoms with Crippen molar-refractivity contribution in [3.63, 3.8) is 0 Å². The molecule has 1 saturated heterocycles. The monoisotopic (exact) mass is 310 g/mol. The molecule has 8 heteroatoms. The van der Waals surface area contributed by atoms with Crippen molar-refractivity contribution >= 4 is 5.91 Å². The van der Waals surface area contributed by atoms with Crippen molar-refractivity contribution in [2.45, 2.75) is 6.54 Å². The van der Waals surface area contributed by atoms with Gasteiger partial charge in [-0.05, 0) is 0 Å². The second kappa shape index (κ2) is 6.89. The van der Waals surface area contributed by atoms with E-state index < -0.39 is 0 Å². The third-order valence-corrected chi connectivity index (χ3v) is 4.00. The molecule has 0 unspecified atom stereocenters. The average molecular weight is 310 g/mol. The van der Waals surface area contributed by atoms with Gasteiger partial charge in [0.25, 0.3) is 5.56 Å². The maximum Gasteiger partial charge on any atom is 0.330 e. The third-order valence-electron chi connectivity index (χ3n) is 4.00. The standard InChI is InChI=1S/C14H22N4O4/c1-15-11(8-12(19)16(2)14(15)21)9-17-4-6-18(7-5-17)13(20)10-22-3/h8H,4-7,9-10H2,1-3H3. The first-order chi connectivity index (χ1) is 10.4. The Kier molecular flexibility index (Phi) is 5.15. The van der Waals surface area contributed by atoms with E-state index in [1.807, 2.05) is 0 Å². The van der Waals surface area contributed by atoms with E-state index in [9.17, 15) is 14.4 Å². The number of carbonyl (C=O) groups is 1. The molecule has 1 amide bonds. The minimum Gasteiger partial charge on any atom is -0.375 e. The number of hydrogen-bond acceptors (Lipinski definition) is 5. The fraction of sp³-hybridized carbons (Fsp3) is 0.643. The average Bonchev–Trinajstić information content (AvgIpc) is 2.51. The van der Waals surface area contributed by atoms with E-state index >= 15 is 0 Å². The Bertz CT molecular complexity index is 656. The van der Waals surface area contributed by atoms with E-state index in [-0.39, 0.29) is 23.8 Å². The van der Waals surface area contributed by atoms with Gasteiger partial charge in [-0.2, -0.15) is 0 Å². The van der Waals surface area contributed by atoms with Crippen molar-refractivity contribution < 1.29 is 9.53 Å². The highest BCUT2D eigenvalue weighted by molar-refractivity contribution is 5.77. The summed E-state index contributed by atoms with van der Waals surface area (Å²) in [5.41, 5.74) is 0.0631. The molecule has 22 heavy (non-hydrogen) atoms. The highest BCUT2D eigenvalue weighted by atomic mass is 16.5. The Morgan fingerprint density at radius 1 is 1.14 bits per heavy atom. The van der Waals surface area contributed by atoms with Crippen molar-refractivity contribution in [1.29, 1.82) is 0 Å². The van der Waals surface area contributed by atoms with E-state index in [0.717, 1.165) is 4.57 Å². The molecule has 1 aliphatic heterocycles. The number of amides is 1. The van der Waals surface area contributed by atoms with E-state index in [4.69, 9.17) is 4.74 Å². The van der Waals surface area contributed by atoms with Crippen molar-refractivity contribution in [2.24, 2.45) is 14.1 Å². The molecule has 8 nitrogen and oxygen atoms in total. The molecule has 0 radical (unpaired) electrons. The maximum atomic E-state index is 11.9. The lowest BCUT2D eigenvalue weighted by molar-refractivity contribution is -0.136. The van der Waals surface area contributed by atoms with Crippen LogP contribution in [0.25, 0.3) is 0 Å². The van der Waals surface area contributed by atoms with Gasteiger partial charge in [0.15, 0.2) is 0 Å². The molecule has 0 atom stereocenters. The summed E-state index contributed by atoms with van der Waals surface area (Å²) >= 11 is 0. The molecule has 1 aromatic heterocycles. The number of carbonyl (C=O) groups excluding carboxylic acids is 1. The van der Waals surface area contributed by atoms with Gasteiger partial charge in [-0.3, -0.25) is 23.6 Å². The van der Waals surface area contributed by atoms with Gasteiger partial charge in [0.1, 0.15) is 6.61 Å². The Labute approximate surface area is 128 Å². The molecule has 0 aliphatic carbocycles. The molecule has 1 fully saturated rings. The second-order valence-electron chi connectivity index (χ2n) is 5.46. The number of ether oxygens (including phenoxy) is 1. The number of hydrogen-bond donors (Lipinski definition) is 0. The van der Waals surface area contributed by atoms with E-state index in [1.165, 1.54) is 24.8 Å². The van der Waals surface area contributed by atoms with Gasteiger partial charge in [0.05, 0.1) is 0 Å². The normalized spacial score (nSPS) is 16.0. The molecular weight excluding hydrogens is 288 g/mol. The van der Waals surface area contributed by atoms with Crippen LogP contribution in [0.3, 0.4) is 0 Å². The zero-order valence-electron chi connectivity index (χ0n) is 13.2. The van der Waals surface area contributed by atoms with Crippen LogP contribution in [0.15, 0.2) is 15.7 Å². The van der Waals surface area contributed by atoms with Crippen LogP contribution in [0, 0.1) is 0 Å². The van der Waals surface area contributed by atoms with Crippen LogP contribution in [0.2, 0.25) is 0 Å². The van der Waals surface area contributed by atoms with Crippen LogP contribution < -0.4 is 11.2 Å². The molecule has 2 heterocycles. The first-order valence-corrected chi connectivity index (χ1v) is 7.19. The molecule has 0 bridgehead atoms. The van der Waals surface area contributed by atoms with Gasteiger partial charge in [-0.25, -0.2) is 4.79 Å². The van der Waals surface area contributed by atoms with Gasteiger partial charge < -0.3 is 9.64 Å². The SMILES string of the molecule is COCC(=O)N1CCN(Cc2cc(=O)n(C)c(=O)n2C)CC1. The first kappa shape index (κ1) is 16.4. The van der Waals surface area contributed by atoms with Crippen molar-refractivity contribution in [1.82, 2.24) is 18.9 Å². The number of nitrogens with zero attached hydrogens (tertiary/aromatic N) is 4.